The zero-order chi connectivity index (χ0) is 16.4. The third kappa shape index (κ3) is 2.54. The Hall–Kier alpha value is -3.07. The smallest absolute Gasteiger partial charge is 0.247 e. The third-order valence-electron chi connectivity index (χ3n) is 4.35. The molecule has 1 heterocycles. The average molecular weight is 314 g/mol. The number of nitrogens with zero attached hydrogens (tertiary/aromatic N) is 1. The fourth-order valence-electron chi connectivity index (χ4n) is 3.27. The fraction of sp³-hybridized carbons (Fsp3) is 0.0952. The number of hydrogen-bond donors (Lipinski definition) is 1. The molecule has 0 saturated heterocycles. The molecule has 0 bridgehead atoms. The molecule has 1 aliphatic heterocycles. The SMILES string of the molecule is O=C1CNc2ccccc2N1C(c1ccccc1)c1ccccc1. The molecule has 1 amide bonds. The van der Waals surface area contributed by atoms with Crippen LogP contribution in [0, 0.1) is 0 Å². The van der Waals surface area contributed by atoms with Crippen LogP contribution in [0.1, 0.15) is 17.2 Å². The summed E-state index contributed by atoms with van der Waals surface area (Å²) in [5.74, 6) is 0.0754. The molecule has 3 aromatic carbocycles. The topological polar surface area (TPSA) is 32.3 Å². The second kappa shape index (κ2) is 6.20. The van der Waals surface area contributed by atoms with Crippen molar-refractivity contribution in [1.29, 1.82) is 0 Å². The van der Waals surface area contributed by atoms with E-state index < -0.39 is 0 Å². The highest BCUT2D eigenvalue weighted by Crippen LogP contribution is 2.38. The highest BCUT2D eigenvalue weighted by Gasteiger charge is 2.32. The van der Waals surface area contributed by atoms with Gasteiger partial charge in [0.2, 0.25) is 5.91 Å². The van der Waals surface area contributed by atoms with Crippen LogP contribution in [0.5, 0.6) is 0 Å². The highest BCUT2D eigenvalue weighted by molar-refractivity contribution is 6.03. The van der Waals surface area contributed by atoms with E-state index in [9.17, 15) is 4.79 Å². The molecule has 0 spiro atoms. The number of benzene rings is 3. The lowest BCUT2D eigenvalue weighted by atomic mass is 9.95. The quantitative estimate of drug-likeness (QED) is 0.784. The first-order valence-electron chi connectivity index (χ1n) is 8.09. The first-order valence-corrected chi connectivity index (χ1v) is 8.09. The molecule has 0 saturated carbocycles. The molecule has 3 nitrogen and oxygen atoms in total. The lowest BCUT2D eigenvalue weighted by molar-refractivity contribution is -0.117. The maximum atomic E-state index is 12.8. The summed E-state index contributed by atoms with van der Waals surface area (Å²) in [7, 11) is 0. The molecule has 0 aromatic heterocycles. The number of rotatable bonds is 3. The molecule has 0 unspecified atom stereocenters. The molecule has 0 fully saturated rings. The first kappa shape index (κ1) is 14.5. The van der Waals surface area contributed by atoms with Gasteiger partial charge in [0.05, 0.1) is 24.0 Å². The molecule has 1 aliphatic rings. The summed E-state index contributed by atoms with van der Waals surface area (Å²) in [4.78, 5) is 14.7. The number of amides is 1. The predicted molar refractivity (Wildman–Crippen MR) is 97.1 cm³/mol. The molecule has 4 rings (SSSR count). The van der Waals surface area contributed by atoms with Crippen molar-refractivity contribution in [3.8, 4) is 0 Å². The van der Waals surface area contributed by atoms with Crippen LogP contribution in [0.2, 0.25) is 0 Å². The van der Waals surface area contributed by atoms with Gasteiger partial charge in [0.1, 0.15) is 0 Å². The van der Waals surface area contributed by atoms with Gasteiger partial charge in [0.15, 0.2) is 0 Å². The number of para-hydroxylation sites is 2. The number of hydrogen-bond acceptors (Lipinski definition) is 2. The predicted octanol–water partition coefficient (Wildman–Crippen LogP) is 4.23. The molecule has 0 radical (unpaired) electrons. The second-order valence-corrected chi connectivity index (χ2v) is 5.86. The maximum Gasteiger partial charge on any atom is 0.247 e. The summed E-state index contributed by atoms with van der Waals surface area (Å²) in [6.07, 6.45) is 0. The van der Waals surface area contributed by atoms with Crippen molar-refractivity contribution in [2.24, 2.45) is 0 Å². The molecular formula is C21H18N2O. The Morgan fingerprint density at radius 2 is 1.29 bits per heavy atom. The summed E-state index contributed by atoms with van der Waals surface area (Å²) >= 11 is 0. The largest absolute Gasteiger partial charge is 0.374 e. The first-order chi connectivity index (χ1) is 11.8. The molecule has 3 heteroatoms. The van der Waals surface area contributed by atoms with E-state index in [-0.39, 0.29) is 11.9 Å². The number of anilines is 2. The van der Waals surface area contributed by atoms with E-state index in [1.807, 2.05) is 65.6 Å². The summed E-state index contributed by atoms with van der Waals surface area (Å²) in [5.41, 5.74) is 4.13. The monoisotopic (exact) mass is 314 g/mol. The van der Waals surface area contributed by atoms with E-state index in [0.29, 0.717) is 6.54 Å². The van der Waals surface area contributed by atoms with Gasteiger partial charge >= 0.3 is 0 Å². The Morgan fingerprint density at radius 3 is 1.92 bits per heavy atom. The standard InChI is InChI=1S/C21H18N2O/c24-20-15-22-18-13-7-8-14-19(18)23(20)21(16-9-3-1-4-10-16)17-11-5-2-6-12-17/h1-14,21-22H,15H2. The van der Waals surface area contributed by atoms with Crippen molar-refractivity contribution < 1.29 is 4.79 Å². The summed E-state index contributed by atoms with van der Waals surface area (Å²) in [5, 5.41) is 3.21. The fourth-order valence-corrected chi connectivity index (χ4v) is 3.27. The lowest BCUT2D eigenvalue weighted by Crippen LogP contribution is -2.42. The van der Waals surface area contributed by atoms with Gasteiger partial charge in [-0.3, -0.25) is 9.69 Å². The van der Waals surface area contributed by atoms with Crippen molar-refractivity contribution in [3.05, 3.63) is 96.1 Å². The maximum absolute atomic E-state index is 12.8. The van der Waals surface area contributed by atoms with Crippen LogP contribution in [-0.2, 0) is 4.79 Å². The normalized spacial score (nSPS) is 13.5. The average Bonchev–Trinajstić information content (AvgIpc) is 2.66. The van der Waals surface area contributed by atoms with E-state index in [4.69, 9.17) is 0 Å². The molecule has 0 aliphatic carbocycles. The van der Waals surface area contributed by atoms with Gasteiger partial charge in [0.25, 0.3) is 0 Å². The van der Waals surface area contributed by atoms with Crippen LogP contribution < -0.4 is 10.2 Å². The zero-order valence-corrected chi connectivity index (χ0v) is 13.2. The number of carbonyl (C=O) groups excluding carboxylic acids is 1. The zero-order valence-electron chi connectivity index (χ0n) is 13.2. The van der Waals surface area contributed by atoms with Crippen molar-refractivity contribution in [1.82, 2.24) is 0 Å². The summed E-state index contributed by atoms with van der Waals surface area (Å²) in [6.45, 7) is 0.313. The van der Waals surface area contributed by atoms with Crippen LogP contribution >= 0.6 is 0 Å². The number of nitrogens with one attached hydrogen (secondary N) is 1. The molecule has 1 N–H and O–H groups in total. The Labute approximate surface area is 141 Å². The Kier molecular flexibility index (Phi) is 3.75. The van der Waals surface area contributed by atoms with Gasteiger partial charge in [-0.05, 0) is 23.3 Å². The molecule has 0 atom stereocenters. The minimum absolute atomic E-state index is 0.0754. The second-order valence-electron chi connectivity index (χ2n) is 5.86. The third-order valence-corrected chi connectivity index (χ3v) is 4.35. The van der Waals surface area contributed by atoms with E-state index in [1.54, 1.807) is 0 Å². The number of carbonyl (C=O) groups is 1. The van der Waals surface area contributed by atoms with Crippen LogP contribution in [0.3, 0.4) is 0 Å². The number of fused-ring (bicyclic) bond motifs is 1. The van der Waals surface area contributed by atoms with Crippen molar-refractivity contribution >= 4 is 17.3 Å². The molecule has 24 heavy (non-hydrogen) atoms. The lowest BCUT2D eigenvalue weighted by Gasteiger charge is -2.37. The van der Waals surface area contributed by atoms with Crippen molar-refractivity contribution in [3.63, 3.8) is 0 Å². The van der Waals surface area contributed by atoms with E-state index in [2.05, 4.69) is 29.6 Å². The van der Waals surface area contributed by atoms with Gasteiger partial charge in [-0.25, -0.2) is 0 Å². The van der Waals surface area contributed by atoms with Gasteiger partial charge < -0.3 is 5.32 Å². The Morgan fingerprint density at radius 1 is 0.750 bits per heavy atom. The molecular weight excluding hydrogens is 296 g/mol. The van der Waals surface area contributed by atoms with E-state index >= 15 is 0 Å². The summed E-state index contributed by atoms with van der Waals surface area (Å²) in [6, 6.07) is 28.2. The van der Waals surface area contributed by atoms with Gasteiger partial charge in [-0.15, -0.1) is 0 Å². The van der Waals surface area contributed by atoms with Crippen molar-refractivity contribution in [2.45, 2.75) is 6.04 Å². The highest BCUT2D eigenvalue weighted by atomic mass is 16.2. The van der Waals surface area contributed by atoms with Gasteiger partial charge in [-0.1, -0.05) is 72.8 Å². The van der Waals surface area contributed by atoms with Gasteiger partial charge in [0, 0.05) is 0 Å². The van der Waals surface area contributed by atoms with Gasteiger partial charge in [-0.2, -0.15) is 0 Å². The Bertz CT molecular complexity index is 806. The van der Waals surface area contributed by atoms with Crippen LogP contribution in [0.25, 0.3) is 0 Å². The minimum atomic E-state index is -0.136. The van der Waals surface area contributed by atoms with Crippen LogP contribution in [0.4, 0.5) is 11.4 Å². The summed E-state index contributed by atoms with van der Waals surface area (Å²) < 4.78 is 0. The van der Waals surface area contributed by atoms with E-state index in [0.717, 1.165) is 22.5 Å². The van der Waals surface area contributed by atoms with Crippen LogP contribution in [0.15, 0.2) is 84.9 Å². The van der Waals surface area contributed by atoms with Crippen LogP contribution in [-0.4, -0.2) is 12.5 Å². The minimum Gasteiger partial charge on any atom is -0.374 e. The van der Waals surface area contributed by atoms with Crippen molar-refractivity contribution in [2.75, 3.05) is 16.8 Å². The molecule has 3 aromatic rings. The van der Waals surface area contributed by atoms with E-state index in [1.165, 1.54) is 0 Å². The Balaban J connectivity index is 1.90. The molecule has 118 valence electrons.